The molecule has 1 aliphatic heterocycles. The van der Waals surface area contributed by atoms with Crippen LogP contribution in [0.25, 0.3) is 0 Å². The summed E-state index contributed by atoms with van der Waals surface area (Å²) >= 11 is 0. The molecule has 8 heteroatoms. The number of benzene rings is 3. The minimum absolute atomic E-state index is 0. The van der Waals surface area contributed by atoms with Crippen molar-refractivity contribution in [3.8, 4) is 0 Å². The summed E-state index contributed by atoms with van der Waals surface area (Å²) in [5.41, 5.74) is 3.02. The van der Waals surface area contributed by atoms with E-state index in [1.54, 1.807) is 30.3 Å². The molecule has 1 atom stereocenters. The van der Waals surface area contributed by atoms with Crippen molar-refractivity contribution >= 4 is 34.1 Å². The lowest BCUT2D eigenvalue weighted by atomic mass is 9.91. The van der Waals surface area contributed by atoms with Crippen molar-refractivity contribution in [1.29, 1.82) is 0 Å². The first kappa shape index (κ1) is 22.8. The molecule has 0 aromatic heterocycles. The van der Waals surface area contributed by atoms with Crippen molar-refractivity contribution in [2.24, 2.45) is 4.99 Å². The number of hydrogen-bond acceptors (Lipinski definition) is 5. The van der Waals surface area contributed by atoms with Crippen molar-refractivity contribution in [2.75, 3.05) is 25.0 Å². The van der Waals surface area contributed by atoms with Crippen LogP contribution in [0.4, 0.5) is 5.69 Å². The summed E-state index contributed by atoms with van der Waals surface area (Å²) in [6, 6.07) is 26.4. The van der Waals surface area contributed by atoms with E-state index in [-0.39, 0.29) is 29.8 Å². The van der Waals surface area contributed by atoms with Crippen LogP contribution >= 0.6 is 12.4 Å². The molecule has 1 aliphatic rings. The Labute approximate surface area is 189 Å². The summed E-state index contributed by atoms with van der Waals surface area (Å²) in [5, 5.41) is 6.43. The van der Waals surface area contributed by atoms with E-state index < -0.39 is 10.0 Å². The van der Waals surface area contributed by atoms with Crippen molar-refractivity contribution in [1.82, 2.24) is 10.0 Å². The van der Waals surface area contributed by atoms with Crippen LogP contribution in [0, 0.1) is 0 Å². The highest BCUT2D eigenvalue weighted by molar-refractivity contribution is 7.89. The van der Waals surface area contributed by atoms with Gasteiger partial charge in [0.25, 0.3) is 0 Å². The highest BCUT2D eigenvalue weighted by Crippen LogP contribution is 2.26. The topological polar surface area (TPSA) is 82.6 Å². The van der Waals surface area contributed by atoms with E-state index in [9.17, 15) is 8.42 Å². The molecular weight excluding hydrogens is 432 g/mol. The standard InChI is InChI=1S/C23H24N4O2S.ClH/c28-30(29,21-9-5-2-6-10-21)26-17-22(18-7-3-1-4-8-18)19-11-13-20(14-12-19)27-23-24-15-16-25-23;/h1-14,22,26H,15-17H2,(H2,24,25,27);1H. The first-order valence-corrected chi connectivity index (χ1v) is 11.4. The Bertz CT molecular complexity index is 1110. The van der Waals surface area contributed by atoms with Gasteiger partial charge in [0.15, 0.2) is 5.96 Å². The Kier molecular flexibility index (Phi) is 7.68. The second-order valence-electron chi connectivity index (χ2n) is 7.03. The molecule has 3 aromatic carbocycles. The van der Waals surface area contributed by atoms with E-state index in [2.05, 4.69) is 20.3 Å². The summed E-state index contributed by atoms with van der Waals surface area (Å²) in [6.45, 7) is 1.89. The fourth-order valence-corrected chi connectivity index (χ4v) is 4.47. The minimum atomic E-state index is -3.58. The maximum absolute atomic E-state index is 12.7. The van der Waals surface area contributed by atoms with Gasteiger partial charge in [-0.15, -0.1) is 12.4 Å². The van der Waals surface area contributed by atoms with Crippen molar-refractivity contribution in [3.05, 3.63) is 96.1 Å². The molecule has 0 saturated carbocycles. The lowest BCUT2D eigenvalue weighted by Gasteiger charge is -2.19. The second kappa shape index (κ2) is 10.4. The van der Waals surface area contributed by atoms with E-state index >= 15 is 0 Å². The molecule has 0 radical (unpaired) electrons. The third-order valence-corrected chi connectivity index (χ3v) is 6.42. The van der Waals surface area contributed by atoms with Crippen molar-refractivity contribution < 1.29 is 8.42 Å². The highest BCUT2D eigenvalue weighted by atomic mass is 35.5. The number of hydrogen-bond donors (Lipinski definition) is 3. The first-order valence-electron chi connectivity index (χ1n) is 9.87. The second-order valence-corrected chi connectivity index (χ2v) is 8.80. The molecule has 1 unspecified atom stereocenters. The number of rotatable bonds is 7. The Morgan fingerprint density at radius 3 is 2.10 bits per heavy atom. The molecule has 6 nitrogen and oxygen atoms in total. The highest BCUT2D eigenvalue weighted by Gasteiger charge is 2.19. The van der Waals surface area contributed by atoms with Gasteiger partial charge in [-0.1, -0.05) is 60.7 Å². The number of sulfonamides is 1. The summed E-state index contributed by atoms with van der Waals surface area (Å²) < 4.78 is 28.2. The predicted molar refractivity (Wildman–Crippen MR) is 128 cm³/mol. The monoisotopic (exact) mass is 456 g/mol. The maximum Gasteiger partial charge on any atom is 0.240 e. The zero-order valence-corrected chi connectivity index (χ0v) is 18.5. The molecule has 0 bridgehead atoms. The Hall–Kier alpha value is -2.87. The third kappa shape index (κ3) is 5.85. The molecule has 3 N–H and O–H groups in total. The Morgan fingerprint density at radius 1 is 0.871 bits per heavy atom. The largest absolute Gasteiger partial charge is 0.354 e. The molecule has 4 rings (SSSR count). The number of guanidine groups is 1. The summed E-state index contributed by atoms with van der Waals surface area (Å²) in [6.07, 6.45) is 0. The molecular formula is C23H25ClN4O2S. The summed E-state index contributed by atoms with van der Waals surface area (Å²) in [4.78, 5) is 4.60. The third-order valence-electron chi connectivity index (χ3n) is 4.98. The van der Waals surface area contributed by atoms with Gasteiger partial charge in [0.1, 0.15) is 0 Å². The lowest BCUT2D eigenvalue weighted by Crippen LogP contribution is -2.29. The number of aliphatic imine (C=N–C) groups is 1. The smallest absolute Gasteiger partial charge is 0.240 e. The predicted octanol–water partition coefficient (Wildman–Crippen LogP) is 3.59. The normalized spacial score (nSPS) is 14.1. The number of anilines is 1. The van der Waals surface area contributed by atoms with E-state index in [0.29, 0.717) is 0 Å². The van der Waals surface area contributed by atoms with Crippen molar-refractivity contribution in [3.63, 3.8) is 0 Å². The number of nitrogens with one attached hydrogen (secondary N) is 3. The quantitative estimate of drug-likeness (QED) is 0.507. The van der Waals surface area contributed by atoms with Gasteiger partial charge in [0, 0.05) is 24.7 Å². The minimum Gasteiger partial charge on any atom is -0.354 e. The van der Waals surface area contributed by atoms with Gasteiger partial charge in [-0.05, 0) is 35.4 Å². The van der Waals surface area contributed by atoms with Gasteiger partial charge >= 0.3 is 0 Å². The van der Waals surface area contributed by atoms with Crippen LogP contribution in [0.2, 0.25) is 0 Å². The zero-order valence-electron chi connectivity index (χ0n) is 16.9. The van der Waals surface area contributed by atoms with Crippen LogP contribution in [0.1, 0.15) is 17.0 Å². The van der Waals surface area contributed by atoms with E-state index in [0.717, 1.165) is 35.9 Å². The van der Waals surface area contributed by atoms with Gasteiger partial charge in [-0.25, -0.2) is 13.1 Å². The van der Waals surface area contributed by atoms with Crippen LogP contribution in [0.5, 0.6) is 0 Å². The van der Waals surface area contributed by atoms with Gasteiger partial charge < -0.3 is 10.6 Å². The average Bonchev–Trinajstić information content (AvgIpc) is 3.29. The Morgan fingerprint density at radius 2 is 1.48 bits per heavy atom. The maximum atomic E-state index is 12.7. The zero-order chi connectivity index (χ0) is 20.8. The van der Waals surface area contributed by atoms with Gasteiger partial charge in [-0.2, -0.15) is 0 Å². The molecule has 0 fully saturated rings. The van der Waals surface area contributed by atoms with Gasteiger partial charge in [0.2, 0.25) is 10.0 Å². The molecule has 0 spiro atoms. The van der Waals surface area contributed by atoms with Crippen LogP contribution in [0.15, 0.2) is 94.8 Å². The van der Waals surface area contributed by atoms with E-state index in [1.807, 2.05) is 54.6 Å². The summed E-state index contributed by atoms with van der Waals surface area (Å²) in [5.74, 6) is 0.665. The van der Waals surface area contributed by atoms with Gasteiger partial charge in [0.05, 0.1) is 11.4 Å². The Balaban J connectivity index is 0.00000272. The van der Waals surface area contributed by atoms with Gasteiger partial charge in [-0.3, -0.25) is 4.99 Å². The summed E-state index contributed by atoms with van der Waals surface area (Å²) in [7, 11) is -3.58. The molecule has 0 aliphatic carbocycles. The molecule has 162 valence electrons. The lowest BCUT2D eigenvalue weighted by molar-refractivity contribution is 0.577. The van der Waals surface area contributed by atoms with Crippen LogP contribution in [0.3, 0.4) is 0 Å². The van der Waals surface area contributed by atoms with Crippen LogP contribution < -0.4 is 15.4 Å². The molecule has 1 heterocycles. The average molecular weight is 457 g/mol. The van der Waals surface area contributed by atoms with Crippen molar-refractivity contribution in [2.45, 2.75) is 10.8 Å². The molecule has 0 amide bonds. The van der Waals surface area contributed by atoms with E-state index in [4.69, 9.17) is 0 Å². The van der Waals surface area contributed by atoms with Crippen LogP contribution in [-0.4, -0.2) is 34.0 Å². The fourth-order valence-electron chi connectivity index (χ4n) is 3.41. The number of halogens is 1. The molecule has 0 saturated heterocycles. The fraction of sp³-hybridized carbons (Fsp3) is 0.174. The molecule has 3 aromatic rings. The molecule has 31 heavy (non-hydrogen) atoms. The number of nitrogens with zero attached hydrogens (tertiary/aromatic N) is 1. The first-order chi connectivity index (χ1) is 14.6. The van der Waals surface area contributed by atoms with E-state index in [1.165, 1.54) is 0 Å². The van der Waals surface area contributed by atoms with Crippen LogP contribution in [-0.2, 0) is 10.0 Å². The SMILES string of the molecule is Cl.O=S(=O)(NCC(c1ccccc1)c1ccc(NC2=NCCN2)cc1)c1ccccc1.